The molecule has 5 heteroatoms. The van der Waals surface area contributed by atoms with E-state index < -0.39 is 0 Å². The summed E-state index contributed by atoms with van der Waals surface area (Å²) in [6.07, 6.45) is 6.31. The lowest BCUT2D eigenvalue weighted by atomic mass is 9.97. The van der Waals surface area contributed by atoms with Crippen molar-refractivity contribution in [3.05, 3.63) is 11.6 Å². The average Bonchev–Trinajstić information content (AvgIpc) is 2.82. The molecule has 1 heterocycles. The molecule has 0 unspecified atom stereocenters. The van der Waals surface area contributed by atoms with Gasteiger partial charge in [0.05, 0.1) is 0 Å². The molecule has 0 atom stereocenters. The van der Waals surface area contributed by atoms with Gasteiger partial charge in [-0.25, -0.2) is 5.01 Å². The molecule has 110 valence electrons. The minimum Gasteiger partial charge on any atom is -0.421 e. The van der Waals surface area contributed by atoms with Gasteiger partial charge in [0, 0.05) is 18.7 Å². The van der Waals surface area contributed by atoms with E-state index in [1.807, 2.05) is 27.0 Å². The fraction of sp³-hybridized carbons (Fsp3) is 0.667. The van der Waals surface area contributed by atoms with E-state index >= 15 is 0 Å². The molecule has 1 aromatic heterocycles. The topological polar surface area (TPSA) is 65.4 Å². The van der Waals surface area contributed by atoms with Gasteiger partial charge < -0.3 is 4.42 Å². The Labute approximate surface area is 121 Å². The number of nitrogens with zero attached hydrogens (tertiary/aromatic N) is 4. The van der Waals surface area contributed by atoms with Gasteiger partial charge >= 0.3 is 0 Å². The molecule has 0 aliphatic carbocycles. The number of anilines is 1. The van der Waals surface area contributed by atoms with Crippen LogP contribution in [-0.2, 0) is 5.41 Å². The number of rotatable bonds is 6. The van der Waals surface area contributed by atoms with E-state index in [4.69, 9.17) is 9.68 Å². The van der Waals surface area contributed by atoms with Crippen molar-refractivity contribution in [3.8, 4) is 6.07 Å². The van der Waals surface area contributed by atoms with Crippen molar-refractivity contribution in [2.45, 2.75) is 58.8 Å². The van der Waals surface area contributed by atoms with E-state index in [0.29, 0.717) is 11.8 Å². The van der Waals surface area contributed by atoms with Crippen LogP contribution in [0.5, 0.6) is 0 Å². The van der Waals surface area contributed by atoms with Gasteiger partial charge in [-0.15, -0.1) is 0 Å². The molecule has 5 nitrogen and oxygen atoms in total. The second-order valence-corrected chi connectivity index (χ2v) is 5.85. The van der Waals surface area contributed by atoms with E-state index in [2.05, 4.69) is 23.1 Å². The van der Waals surface area contributed by atoms with Gasteiger partial charge in [0.25, 0.3) is 5.88 Å². The number of oxazole rings is 1. The molecule has 0 fully saturated rings. The molecule has 20 heavy (non-hydrogen) atoms. The molecule has 0 N–H and O–H groups in total. The molecule has 1 aromatic rings. The van der Waals surface area contributed by atoms with Crippen LogP contribution in [0.15, 0.2) is 9.52 Å². The van der Waals surface area contributed by atoms with Crippen LogP contribution >= 0.6 is 0 Å². The van der Waals surface area contributed by atoms with Crippen molar-refractivity contribution in [2.75, 3.05) is 12.1 Å². The van der Waals surface area contributed by atoms with Gasteiger partial charge in [-0.05, 0) is 12.8 Å². The maximum Gasteiger partial charge on any atom is 0.254 e. The Hall–Kier alpha value is -1.83. The Morgan fingerprint density at radius 3 is 2.65 bits per heavy atom. The fourth-order valence-corrected chi connectivity index (χ4v) is 1.64. The van der Waals surface area contributed by atoms with Crippen molar-refractivity contribution in [1.29, 1.82) is 5.26 Å². The monoisotopic (exact) mass is 276 g/mol. The number of unbranched alkanes of at least 4 members (excludes halogenated alkanes) is 3. The third-order valence-electron chi connectivity index (χ3n) is 2.84. The predicted molar refractivity (Wildman–Crippen MR) is 81.0 cm³/mol. The summed E-state index contributed by atoms with van der Waals surface area (Å²) in [6.45, 7) is 8.17. The molecular formula is C15H24N4O. The van der Waals surface area contributed by atoms with Gasteiger partial charge in [-0.3, -0.25) is 0 Å². The zero-order valence-corrected chi connectivity index (χ0v) is 13.1. The highest BCUT2D eigenvalue weighted by Gasteiger charge is 2.25. The van der Waals surface area contributed by atoms with E-state index in [-0.39, 0.29) is 11.1 Å². The summed E-state index contributed by atoms with van der Waals surface area (Å²) < 4.78 is 5.69. The second-order valence-electron chi connectivity index (χ2n) is 5.85. The van der Waals surface area contributed by atoms with Crippen molar-refractivity contribution in [2.24, 2.45) is 5.10 Å². The Kier molecular flexibility index (Phi) is 5.75. The fourth-order valence-electron chi connectivity index (χ4n) is 1.64. The first-order valence-corrected chi connectivity index (χ1v) is 7.07. The minimum atomic E-state index is -0.227. The first-order valence-electron chi connectivity index (χ1n) is 7.07. The number of hydrogen-bond acceptors (Lipinski definition) is 5. The predicted octanol–water partition coefficient (Wildman–Crippen LogP) is 3.85. The highest BCUT2D eigenvalue weighted by Crippen LogP contribution is 2.28. The highest BCUT2D eigenvalue weighted by molar-refractivity contribution is 5.60. The standard InChI is InChI=1S/C15H24N4O/c1-6-7-8-9-10-17-19(5)13-12(11-16)18-14(20-13)15(2,3)4/h10H,6-9H2,1-5H3. The number of aromatic nitrogens is 1. The Bertz CT molecular complexity index is 491. The van der Waals surface area contributed by atoms with Crippen LogP contribution in [0.4, 0.5) is 5.88 Å². The molecule has 0 spiro atoms. The third kappa shape index (κ3) is 4.37. The first kappa shape index (κ1) is 16.2. The van der Waals surface area contributed by atoms with Gasteiger partial charge in [0.2, 0.25) is 11.6 Å². The maximum absolute atomic E-state index is 9.14. The Morgan fingerprint density at radius 2 is 2.10 bits per heavy atom. The zero-order valence-electron chi connectivity index (χ0n) is 13.1. The van der Waals surface area contributed by atoms with Crippen molar-refractivity contribution in [3.63, 3.8) is 0 Å². The quantitative estimate of drug-likeness (QED) is 0.450. The van der Waals surface area contributed by atoms with Crippen LogP contribution in [0.1, 0.15) is 65.0 Å². The summed E-state index contributed by atoms with van der Waals surface area (Å²) in [6, 6.07) is 2.06. The third-order valence-corrected chi connectivity index (χ3v) is 2.84. The van der Waals surface area contributed by atoms with E-state index in [1.54, 1.807) is 12.1 Å². The number of hydrogen-bond donors (Lipinski definition) is 0. The van der Waals surface area contributed by atoms with Crippen LogP contribution < -0.4 is 5.01 Å². The molecule has 0 saturated heterocycles. The van der Waals surface area contributed by atoms with E-state index in [1.165, 1.54) is 12.8 Å². The van der Waals surface area contributed by atoms with Crippen LogP contribution in [0.2, 0.25) is 0 Å². The summed E-state index contributed by atoms with van der Waals surface area (Å²) in [5.41, 5.74) is 0.0540. The smallest absolute Gasteiger partial charge is 0.254 e. The van der Waals surface area contributed by atoms with E-state index in [0.717, 1.165) is 12.8 Å². The average molecular weight is 276 g/mol. The van der Waals surface area contributed by atoms with Gasteiger partial charge in [0.15, 0.2) is 0 Å². The highest BCUT2D eigenvalue weighted by atomic mass is 16.4. The van der Waals surface area contributed by atoms with Gasteiger partial charge in [0.1, 0.15) is 6.07 Å². The Balaban J connectivity index is 2.80. The number of nitriles is 1. The normalized spacial score (nSPS) is 11.8. The summed E-state index contributed by atoms with van der Waals surface area (Å²) in [5.74, 6) is 0.959. The lowest BCUT2D eigenvalue weighted by molar-refractivity contribution is 0.394. The molecule has 0 aromatic carbocycles. The molecule has 0 aliphatic heterocycles. The van der Waals surface area contributed by atoms with Gasteiger partial charge in [-0.1, -0.05) is 40.5 Å². The SMILES string of the molecule is CCCCCC=NN(C)c1oc(C(C)(C)C)nc1C#N. The van der Waals surface area contributed by atoms with Gasteiger partial charge in [-0.2, -0.15) is 15.3 Å². The number of hydrazone groups is 1. The Morgan fingerprint density at radius 1 is 1.40 bits per heavy atom. The summed E-state index contributed by atoms with van der Waals surface area (Å²) >= 11 is 0. The van der Waals surface area contributed by atoms with Crippen LogP contribution in [0.25, 0.3) is 0 Å². The molecular weight excluding hydrogens is 252 g/mol. The van der Waals surface area contributed by atoms with Crippen molar-refractivity contribution < 1.29 is 4.42 Å². The molecule has 0 saturated carbocycles. The summed E-state index contributed by atoms with van der Waals surface area (Å²) in [4.78, 5) is 4.24. The van der Waals surface area contributed by atoms with Crippen molar-refractivity contribution >= 4 is 12.1 Å². The largest absolute Gasteiger partial charge is 0.421 e. The second kappa shape index (κ2) is 7.09. The minimum absolute atomic E-state index is 0.227. The van der Waals surface area contributed by atoms with E-state index in [9.17, 15) is 0 Å². The lowest BCUT2D eigenvalue weighted by Gasteiger charge is -2.13. The van der Waals surface area contributed by atoms with Crippen LogP contribution in [-0.4, -0.2) is 18.2 Å². The van der Waals surface area contributed by atoms with Crippen LogP contribution in [0.3, 0.4) is 0 Å². The summed E-state index contributed by atoms with van der Waals surface area (Å²) in [7, 11) is 1.77. The van der Waals surface area contributed by atoms with Crippen LogP contribution in [0, 0.1) is 11.3 Å². The molecule has 0 radical (unpaired) electrons. The lowest BCUT2D eigenvalue weighted by Crippen LogP contribution is -2.11. The first-order chi connectivity index (χ1) is 9.40. The van der Waals surface area contributed by atoms with Crippen molar-refractivity contribution in [1.82, 2.24) is 4.98 Å². The maximum atomic E-state index is 9.14. The molecule has 0 aliphatic rings. The summed E-state index contributed by atoms with van der Waals surface area (Å²) in [5, 5.41) is 15.0. The molecule has 0 amide bonds. The zero-order chi connectivity index (χ0) is 15.2. The molecule has 1 rings (SSSR count). The molecule has 0 bridgehead atoms.